The lowest BCUT2D eigenvalue weighted by molar-refractivity contribution is 0.281. The molecule has 0 aromatic heterocycles. The largest absolute Gasteiger partial charge is 0.395 e. The monoisotopic (exact) mass is 301 g/mol. The Morgan fingerprint density at radius 2 is 1.88 bits per heavy atom. The molecule has 0 heterocycles. The van der Waals surface area contributed by atoms with E-state index in [4.69, 9.17) is 21.4 Å². The predicted octanol–water partition coefficient (Wildman–Crippen LogP) is 0.524. The Balaban J connectivity index is 2.97. The molecule has 6 heteroatoms. The molecule has 1 aromatic carbocycles. The van der Waals surface area contributed by atoms with Crippen molar-refractivity contribution in [2.45, 2.75) is 0 Å². The minimum absolute atomic E-state index is 0.000656. The van der Waals surface area contributed by atoms with Gasteiger partial charge < -0.3 is 20.8 Å². The number of anilines is 1. The lowest BCUT2D eigenvalue weighted by Gasteiger charge is -2.23. The minimum Gasteiger partial charge on any atom is -0.395 e. The minimum atomic E-state index is -0.000656. The zero-order chi connectivity index (χ0) is 12.8. The molecule has 0 bridgehead atoms. The molecular weight excluding hydrogens is 286 g/mol. The molecular formula is C11H16BrN3O2. The van der Waals surface area contributed by atoms with Crippen LogP contribution in [-0.4, -0.2) is 42.4 Å². The van der Waals surface area contributed by atoms with Gasteiger partial charge in [0.15, 0.2) is 0 Å². The van der Waals surface area contributed by atoms with Crippen LogP contribution in [0, 0.1) is 5.41 Å². The van der Waals surface area contributed by atoms with Crippen LogP contribution in [0.4, 0.5) is 5.69 Å². The molecule has 0 aliphatic rings. The van der Waals surface area contributed by atoms with E-state index >= 15 is 0 Å². The molecule has 1 aromatic rings. The molecule has 0 saturated heterocycles. The number of nitrogens with one attached hydrogen (secondary N) is 1. The normalized spacial score (nSPS) is 10.3. The molecule has 0 amide bonds. The smallest absolute Gasteiger partial charge is 0.123 e. The summed E-state index contributed by atoms with van der Waals surface area (Å²) in [5, 5.41) is 25.3. The molecule has 1 rings (SSSR count). The van der Waals surface area contributed by atoms with Crippen molar-refractivity contribution in [1.29, 1.82) is 5.41 Å². The first-order valence-corrected chi connectivity index (χ1v) is 6.00. The molecule has 0 radical (unpaired) electrons. The summed E-state index contributed by atoms with van der Waals surface area (Å²) < 4.78 is 0.725. The van der Waals surface area contributed by atoms with E-state index in [2.05, 4.69) is 15.9 Å². The predicted molar refractivity (Wildman–Crippen MR) is 71.5 cm³/mol. The molecule has 0 unspecified atom stereocenters. The van der Waals surface area contributed by atoms with E-state index in [1.54, 1.807) is 6.07 Å². The number of benzene rings is 1. The third-order valence-electron chi connectivity index (χ3n) is 2.35. The van der Waals surface area contributed by atoms with Crippen LogP contribution in [0.5, 0.6) is 0 Å². The van der Waals surface area contributed by atoms with Crippen LogP contribution in [-0.2, 0) is 0 Å². The first-order chi connectivity index (χ1) is 8.10. The van der Waals surface area contributed by atoms with Crippen molar-refractivity contribution >= 4 is 27.5 Å². The summed E-state index contributed by atoms with van der Waals surface area (Å²) in [6.45, 7) is 0.941. The molecule has 94 valence electrons. The van der Waals surface area contributed by atoms with Gasteiger partial charge in [0.05, 0.1) is 13.2 Å². The van der Waals surface area contributed by atoms with Crippen molar-refractivity contribution < 1.29 is 10.2 Å². The van der Waals surface area contributed by atoms with Crippen LogP contribution in [0.3, 0.4) is 0 Å². The maximum Gasteiger partial charge on any atom is 0.123 e. The number of aliphatic hydroxyl groups excluding tert-OH is 2. The van der Waals surface area contributed by atoms with Gasteiger partial charge in [-0.2, -0.15) is 0 Å². The third-order valence-corrected chi connectivity index (χ3v) is 3.00. The van der Waals surface area contributed by atoms with Gasteiger partial charge in [0.2, 0.25) is 0 Å². The fourth-order valence-electron chi connectivity index (χ4n) is 1.53. The quantitative estimate of drug-likeness (QED) is 0.455. The average molecular weight is 302 g/mol. The summed E-state index contributed by atoms with van der Waals surface area (Å²) in [5.41, 5.74) is 6.91. The number of hydrogen-bond donors (Lipinski definition) is 4. The van der Waals surface area contributed by atoms with E-state index in [0.29, 0.717) is 18.7 Å². The first kappa shape index (κ1) is 14.0. The topological polar surface area (TPSA) is 93.6 Å². The number of aliphatic hydroxyl groups is 2. The van der Waals surface area contributed by atoms with Crippen molar-refractivity contribution in [2.24, 2.45) is 5.73 Å². The van der Waals surface area contributed by atoms with Crippen molar-refractivity contribution in [2.75, 3.05) is 31.2 Å². The van der Waals surface area contributed by atoms with E-state index in [0.717, 1.165) is 10.2 Å². The van der Waals surface area contributed by atoms with Crippen LogP contribution in [0.2, 0.25) is 0 Å². The maximum atomic E-state index is 8.95. The van der Waals surface area contributed by atoms with Gasteiger partial charge in [-0.3, -0.25) is 5.41 Å². The molecule has 0 atom stereocenters. The molecule has 5 N–H and O–H groups in total. The second-order valence-corrected chi connectivity index (χ2v) is 4.37. The van der Waals surface area contributed by atoms with Crippen LogP contribution >= 0.6 is 15.9 Å². The summed E-state index contributed by atoms with van der Waals surface area (Å²) in [7, 11) is 0. The molecule has 0 aliphatic carbocycles. The van der Waals surface area contributed by atoms with E-state index in [1.807, 2.05) is 17.0 Å². The Hall–Kier alpha value is -1.11. The Kier molecular flexibility index (Phi) is 5.40. The Morgan fingerprint density at radius 3 is 2.29 bits per heavy atom. The van der Waals surface area contributed by atoms with Crippen LogP contribution in [0.25, 0.3) is 0 Å². The SMILES string of the molecule is N=C(N)c1ccc(N(CCO)CCO)cc1Br. The zero-order valence-electron chi connectivity index (χ0n) is 9.36. The lowest BCUT2D eigenvalue weighted by atomic mass is 10.2. The Labute approximate surface area is 108 Å². The second-order valence-electron chi connectivity index (χ2n) is 3.51. The van der Waals surface area contributed by atoms with Crippen molar-refractivity contribution in [3.05, 3.63) is 28.2 Å². The standard InChI is InChI=1S/C11H16BrN3O2/c12-10-7-8(1-2-9(10)11(13)14)15(3-5-16)4-6-17/h1-2,7,16-17H,3-6H2,(H3,13,14). The number of halogens is 1. The van der Waals surface area contributed by atoms with Gasteiger partial charge in [-0.05, 0) is 34.1 Å². The molecule has 0 aliphatic heterocycles. The van der Waals surface area contributed by atoms with Gasteiger partial charge in [0.25, 0.3) is 0 Å². The van der Waals surface area contributed by atoms with Crippen LogP contribution < -0.4 is 10.6 Å². The number of nitrogens with two attached hydrogens (primary N) is 1. The van der Waals surface area contributed by atoms with Gasteiger partial charge in [-0.1, -0.05) is 0 Å². The van der Waals surface area contributed by atoms with Crippen LogP contribution in [0.1, 0.15) is 5.56 Å². The van der Waals surface area contributed by atoms with E-state index in [-0.39, 0.29) is 19.0 Å². The number of amidine groups is 1. The van der Waals surface area contributed by atoms with Gasteiger partial charge in [0.1, 0.15) is 5.84 Å². The van der Waals surface area contributed by atoms with Crippen molar-refractivity contribution in [3.63, 3.8) is 0 Å². The fraction of sp³-hybridized carbons (Fsp3) is 0.364. The van der Waals surface area contributed by atoms with Gasteiger partial charge >= 0.3 is 0 Å². The van der Waals surface area contributed by atoms with Gasteiger partial charge in [-0.25, -0.2) is 0 Å². The average Bonchev–Trinajstić information content (AvgIpc) is 2.28. The van der Waals surface area contributed by atoms with E-state index in [9.17, 15) is 0 Å². The molecule has 5 nitrogen and oxygen atoms in total. The van der Waals surface area contributed by atoms with Crippen molar-refractivity contribution in [1.82, 2.24) is 0 Å². The molecule has 0 fully saturated rings. The van der Waals surface area contributed by atoms with E-state index in [1.165, 1.54) is 0 Å². The highest BCUT2D eigenvalue weighted by Crippen LogP contribution is 2.23. The van der Waals surface area contributed by atoms with Gasteiger partial charge in [-0.15, -0.1) is 0 Å². The van der Waals surface area contributed by atoms with E-state index < -0.39 is 0 Å². The zero-order valence-corrected chi connectivity index (χ0v) is 10.9. The van der Waals surface area contributed by atoms with Gasteiger partial charge in [0, 0.05) is 28.8 Å². The lowest BCUT2D eigenvalue weighted by Crippen LogP contribution is -2.29. The Bertz CT molecular complexity index is 392. The summed E-state index contributed by atoms with van der Waals surface area (Å²) in [5.74, 6) is -0.000656. The number of nitrogen functional groups attached to an aromatic ring is 1. The second kappa shape index (κ2) is 6.58. The summed E-state index contributed by atoms with van der Waals surface area (Å²) >= 11 is 3.35. The Morgan fingerprint density at radius 1 is 1.29 bits per heavy atom. The highest BCUT2D eigenvalue weighted by molar-refractivity contribution is 9.10. The number of hydrogen-bond acceptors (Lipinski definition) is 4. The number of nitrogens with zero attached hydrogens (tertiary/aromatic N) is 1. The third kappa shape index (κ3) is 3.69. The molecule has 0 saturated carbocycles. The fourth-order valence-corrected chi connectivity index (χ4v) is 2.11. The summed E-state index contributed by atoms with van der Waals surface area (Å²) in [6.07, 6.45) is 0. The molecule has 0 spiro atoms. The maximum absolute atomic E-state index is 8.95. The first-order valence-electron chi connectivity index (χ1n) is 5.20. The molecule has 17 heavy (non-hydrogen) atoms. The summed E-state index contributed by atoms with van der Waals surface area (Å²) in [6, 6.07) is 5.37. The highest BCUT2D eigenvalue weighted by atomic mass is 79.9. The summed E-state index contributed by atoms with van der Waals surface area (Å²) in [4.78, 5) is 1.86. The number of rotatable bonds is 6. The van der Waals surface area contributed by atoms with Crippen molar-refractivity contribution in [3.8, 4) is 0 Å². The van der Waals surface area contributed by atoms with Crippen LogP contribution in [0.15, 0.2) is 22.7 Å². The highest BCUT2D eigenvalue weighted by Gasteiger charge is 2.09.